The van der Waals surface area contributed by atoms with Crippen LogP contribution in [0, 0.1) is 17.8 Å². The van der Waals surface area contributed by atoms with E-state index in [2.05, 4.69) is 109 Å². The molecule has 2 heteroatoms. The molecular weight excluding hydrogens is 370 g/mol. The summed E-state index contributed by atoms with van der Waals surface area (Å²) >= 11 is 2.21. The molecule has 5 rings (SSSR count). The molecule has 29 heavy (non-hydrogen) atoms. The summed E-state index contributed by atoms with van der Waals surface area (Å²) in [7, 11) is 0. The SMILES string of the molecule is CC1C=CC=CC1C(c1ccccc1)(c1ccccc1)N1CCC2SCCC2C1. The highest BCUT2D eigenvalue weighted by atomic mass is 32.2. The Morgan fingerprint density at radius 2 is 1.52 bits per heavy atom. The minimum atomic E-state index is -0.124. The number of fused-ring (bicyclic) bond motifs is 1. The lowest BCUT2D eigenvalue weighted by atomic mass is 9.65. The lowest BCUT2D eigenvalue weighted by molar-refractivity contribution is 0.0307. The largest absolute Gasteiger partial charge is 0.289 e. The van der Waals surface area contributed by atoms with E-state index in [4.69, 9.17) is 0 Å². The summed E-state index contributed by atoms with van der Waals surface area (Å²) in [4.78, 5) is 2.86. The number of piperidine rings is 1. The maximum absolute atomic E-state index is 2.86. The van der Waals surface area contributed by atoms with Crippen LogP contribution >= 0.6 is 11.8 Å². The molecule has 3 aliphatic rings. The molecule has 2 aliphatic heterocycles. The Morgan fingerprint density at radius 3 is 2.17 bits per heavy atom. The number of nitrogens with zero attached hydrogens (tertiary/aromatic N) is 1. The summed E-state index contributed by atoms with van der Waals surface area (Å²) in [5, 5.41) is 0.870. The van der Waals surface area contributed by atoms with Crippen molar-refractivity contribution in [3.8, 4) is 0 Å². The van der Waals surface area contributed by atoms with Crippen LogP contribution in [-0.2, 0) is 5.54 Å². The number of benzene rings is 2. The third-order valence-electron chi connectivity index (χ3n) is 7.30. The molecule has 2 fully saturated rings. The molecule has 150 valence electrons. The van der Waals surface area contributed by atoms with E-state index in [1.165, 1.54) is 42.8 Å². The molecule has 0 N–H and O–H groups in total. The number of allylic oxidation sites excluding steroid dienone is 3. The average Bonchev–Trinajstić information content (AvgIpc) is 3.25. The van der Waals surface area contributed by atoms with E-state index in [9.17, 15) is 0 Å². The summed E-state index contributed by atoms with van der Waals surface area (Å²) in [6.07, 6.45) is 12.0. The minimum Gasteiger partial charge on any atom is -0.289 e. The van der Waals surface area contributed by atoms with Crippen LogP contribution in [0.15, 0.2) is 85.0 Å². The monoisotopic (exact) mass is 401 g/mol. The van der Waals surface area contributed by atoms with Crippen LogP contribution in [-0.4, -0.2) is 29.0 Å². The first kappa shape index (κ1) is 19.2. The normalized spacial score (nSPS) is 29.7. The third-order valence-corrected chi connectivity index (χ3v) is 8.82. The average molecular weight is 402 g/mol. The number of hydrogen-bond donors (Lipinski definition) is 0. The van der Waals surface area contributed by atoms with Crippen molar-refractivity contribution in [2.24, 2.45) is 17.8 Å². The number of thioether (sulfide) groups is 1. The Balaban J connectivity index is 1.70. The van der Waals surface area contributed by atoms with Gasteiger partial charge in [0, 0.05) is 24.3 Å². The summed E-state index contributed by atoms with van der Waals surface area (Å²) < 4.78 is 0. The predicted molar refractivity (Wildman–Crippen MR) is 125 cm³/mol. The maximum Gasteiger partial charge on any atom is 0.0784 e. The first-order chi connectivity index (χ1) is 14.3. The highest BCUT2D eigenvalue weighted by Crippen LogP contribution is 2.50. The van der Waals surface area contributed by atoms with Crippen LogP contribution in [0.3, 0.4) is 0 Å². The van der Waals surface area contributed by atoms with E-state index in [1.807, 2.05) is 0 Å². The van der Waals surface area contributed by atoms with Gasteiger partial charge in [0.2, 0.25) is 0 Å². The van der Waals surface area contributed by atoms with Crippen molar-refractivity contribution in [2.75, 3.05) is 18.8 Å². The number of likely N-dealkylation sites (tertiary alicyclic amines) is 1. The summed E-state index contributed by atoms with van der Waals surface area (Å²) in [5.74, 6) is 3.09. The van der Waals surface area contributed by atoms with Crippen LogP contribution < -0.4 is 0 Å². The van der Waals surface area contributed by atoms with Gasteiger partial charge >= 0.3 is 0 Å². The molecule has 1 nitrogen and oxygen atoms in total. The Hall–Kier alpha value is -1.77. The van der Waals surface area contributed by atoms with Gasteiger partial charge in [-0.15, -0.1) is 0 Å². The first-order valence-electron chi connectivity index (χ1n) is 11.1. The second-order valence-corrected chi connectivity index (χ2v) is 10.2. The van der Waals surface area contributed by atoms with Gasteiger partial charge in [0.15, 0.2) is 0 Å². The van der Waals surface area contributed by atoms with Crippen molar-refractivity contribution < 1.29 is 0 Å². The standard InChI is InChI=1S/C27H31NS/c1-21-10-8-9-15-25(21)27(23-11-4-2-5-12-23,24-13-6-3-7-14-24)28-18-16-26-22(20-28)17-19-29-26/h2-15,21-22,25-26H,16-20H2,1H3. The molecule has 2 aromatic carbocycles. The van der Waals surface area contributed by atoms with E-state index in [0.29, 0.717) is 11.8 Å². The third kappa shape index (κ3) is 3.31. The minimum absolute atomic E-state index is 0.124. The van der Waals surface area contributed by atoms with Gasteiger partial charge in [-0.1, -0.05) is 91.9 Å². The molecule has 0 spiro atoms. The highest BCUT2D eigenvalue weighted by Gasteiger charge is 2.50. The van der Waals surface area contributed by atoms with Crippen LogP contribution in [0.1, 0.15) is 30.9 Å². The van der Waals surface area contributed by atoms with E-state index < -0.39 is 0 Å². The molecule has 2 saturated heterocycles. The van der Waals surface area contributed by atoms with E-state index in [0.717, 1.165) is 11.2 Å². The molecule has 4 unspecified atom stereocenters. The zero-order valence-electron chi connectivity index (χ0n) is 17.3. The fraction of sp³-hybridized carbons (Fsp3) is 0.407. The second-order valence-electron chi connectivity index (χ2n) is 8.85. The van der Waals surface area contributed by atoms with Gasteiger partial charge in [0.1, 0.15) is 0 Å². The molecule has 1 aliphatic carbocycles. The van der Waals surface area contributed by atoms with Gasteiger partial charge in [-0.25, -0.2) is 0 Å². The smallest absolute Gasteiger partial charge is 0.0784 e. The van der Waals surface area contributed by atoms with Gasteiger partial charge in [0.05, 0.1) is 5.54 Å². The second kappa shape index (κ2) is 8.16. The molecular formula is C27H31NS. The lowest BCUT2D eigenvalue weighted by Gasteiger charge is -2.54. The van der Waals surface area contributed by atoms with Crippen molar-refractivity contribution in [1.29, 1.82) is 0 Å². The van der Waals surface area contributed by atoms with E-state index >= 15 is 0 Å². The maximum atomic E-state index is 2.86. The van der Waals surface area contributed by atoms with E-state index in [-0.39, 0.29) is 5.54 Å². The van der Waals surface area contributed by atoms with Crippen molar-refractivity contribution in [1.82, 2.24) is 4.90 Å². The highest BCUT2D eigenvalue weighted by molar-refractivity contribution is 8.00. The molecule has 0 radical (unpaired) electrons. The molecule has 0 amide bonds. The fourth-order valence-electron chi connectivity index (χ4n) is 5.95. The van der Waals surface area contributed by atoms with Crippen molar-refractivity contribution in [3.63, 3.8) is 0 Å². The van der Waals surface area contributed by atoms with Crippen molar-refractivity contribution in [2.45, 2.75) is 30.6 Å². The van der Waals surface area contributed by atoms with Gasteiger partial charge in [-0.3, -0.25) is 4.90 Å². The molecule has 0 aromatic heterocycles. The first-order valence-corrected chi connectivity index (χ1v) is 12.2. The molecule has 0 bridgehead atoms. The molecule has 2 aromatic rings. The fourth-order valence-corrected chi connectivity index (χ4v) is 7.46. The zero-order chi connectivity index (χ0) is 19.7. The quantitative estimate of drug-likeness (QED) is 0.606. The lowest BCUT2D eigenvalue weighted by Crippen LogP contribution is -2.57. The summed E-state index contributed by atoms with van der Waals surface area (Å²) in [6.45, 7) is 4.78. The van der Waals surface area contributed by atoms with Gasteiger partial charge < -0.3 is 0 Å². The topological polar surface area (TPSA) is 3.24 Å². The van der Waals surface area contributed by atoms with Crippen molar-refractivity contribution >= 4 is 11.8 Å². The zero-order valence-corrected chi connectivity index (χ0v) is 18.1. The molecule has 0 saturated carbocycles. The number of rotatable bonds is 4. The number of hydrogen-bond acceptors (Lipinski definition) is 2. The van der Waals surface area contributed by atoms with Gasteiger partial charge in [-0.05, 0) is 41.6 Å². The predicted octanol–water partition coefficient (Wildman–Crippen LogP) is 6.14. The Bertz CT molecular complexity index is 832. The molecule has 2 heterocycles. The summed E-state index contributed by atoms with van der Waals surface area (Å²) in [5.41, 5.74) is 2.75. The van der Waals surface area contributed by atoms with Gasteiger partial charge in [0.25, 0.3) is 0 Å². The Kier molecular flexibility index (Phi) is 5.41. The van der Waals surface area contributed by atoms with Crippen LogP contribution in [0.4, 0.5) is 0 Å². The Labute approximate surface area is 179 Å². The molecule has 4 atom stereocenters. The van der Waals surface area contributed by atoms with Gasteiger partial charge in [-0.2, -0.15) is 11.8 Å². The van der Waals surface area contributed by atoms with Crippen LogP contribution in [0.5, 0.6) is 0 Å². The summed E-state index contributed by atoms with van der Waals surface area (Å²) in [6, 6.07) is 22.6. The van der Waals surface area contributed by atoms with Crippen LogP contribution in [0.2, 0.25) is 0 Å². The Morgan fingerprint density at radius 1 is 0.862 bits per heavy atom. The van der Waals surface area contributed by atoms with E-state index in [1.54, 1.807) is 0 Å². The van der Waals surface area contributed by atoms with Crippen LogP contribution in [0.25, 0.3) is 0 Å². The van der Waals surface area contributed by atoms with Crippen molar-refractivity contribution in [3.05, 3.63) is 96.1 Å².